The Morgan fingerprint density at radius 2 is 2.08 bits per heavy atom. The van der Waals surface area contributed by atoms with Crippen molar-refractivity contribution in [3.63, 3.8) is 0 Å². The molecule has 133 valence electrons. The van der Waals surface area contributed by atoms with Crippen LogP contribution in [0.5, 0.6) is 0 Å². The molecule has 3 rings (SSSR count). The lowest BCUT2D eigenvalue weighted by Crippen LogP contribution is -2.24. The predicted octanol–water partition coefficient (Wildman–Crippen LogP) is 3.74. The molecule has 0 unspecified atom stereocenters. The number of carbonyl (C=O) groups is 1. The lowest BCUT2D eigenvalue weighted by atomic mass is 10.0. The van der Waals surface area contributed by atoms with Gasteiger partial charge in [-0.3, -0.25) is 14.5 Å². The van der Waals surface area contributed by atoms with Crippen LogP contribution in [-0.4, -0.2) is 20.7 Å². The molecule has 3 aromatic rings. The molecule has 5 heteroatoms. The number of aryl methyl sites for hydroxylation is 1. The molecule has 2 aromatic heterocycles. The van der Waals surface area contributed by atoms with E-state index >= 15 is 0 Å². The number of hydrogen-bond acceptors (Lipinski definition) is 3. The number of pyridine rings is 1. The van der Waals surface area contributed by atoms with Gasteiger partial charge in [-0.1, -0.05) is 18.2 Å². The molecule has 0 fully saturated rings. The summed E-state index contributed by atoms with van der Waals surface area (Å²) in [5, 5.41) is 7.24. The predicted molar refractivity (Wildman–Crippen MR) is 102 cm³/mol. The van der Waals surface area contributed by atoms with Crippen molar-refractivity contribution in [3.05, 3.63) is 71.8 Å². The van der Waals surface area contributed by atoms with Gasteiger partial charge in [0.05, 0.1) is 17.3 Å². The van der Waals surface area contributed by atoms with Crippen molar-refractivity contribution >= 4 is 5.91 Å². The highest BCUT2D eigenvalue weighted by Gasteiger charge is 2.16. The Hall–Kier alpha value is -2.95. The van der Waals surface area contributed by atoms with Crippen molar-refractivity contribution in [1.82, 2.24) is 20.1 Å². The van der Waals surface area contributed by atoms with Gasteiger partial charge in [0.25, 0.3) is 5.91 Å². The molecule has 0 aliphatic heterocycles. The van der Waals surface area contributed by atoms with Crippen LogP contribution in [0.4, 0.5) is 0 Å². The SMILES string of the molecule is Cc1cc(-c2[c]cncc2)ccc1CNC(=O)c1cnn(C(C)(C)C)c1. The summed E-state index contributed by atoms with van der Waals surface area (Å²) in [5.41, 5.74) is 4.73. The molecular weight excluding hydrogens is 324 g/mol. The second-order valence-electron chi connectivity index (χ2n) is 7.32. The standard InChI is InChI=1S/C21H23N4O/c1-15-11-17(16-7-9-22-10-8-16)5-6-18(15)12-23-20(26)19-13-24-25(14-19)21(2,3)4/h5-7,9-11,13-14H,12H2,1-4H3,(H,23,26). The van der Waals surface area contributed by atoms with E-state index in [1.807, 2.05) is 45.9 Å². The average Bonchev–Trinajstić information content (AvgIpc) is 3.12. The fourth-order valence-electron chi connectivity index (χ4n) is 2.64. The Balaban J connectivity index is 1.68. The first-order valence-electron chi connectivity index (χ1n) is 8.59. The zero-order valence-electron chi connectivity index (χ0n) is 15.6. The molecule has 0 spiro atoms. The quantitative estimate of drug-likeness (QED) is 0.782. The molecule has 5 nitrogen and oxygen atoms in total. The van der Waals surface area contributed by atoms with Crippen molar-refractivity contribution in [2.45, 2.75) is 39.8 Å². The number of nitrogens with zero attached hydrogens (tertiary/aromatic N) is 3. The summed E-state index contributed by atoms with van der Waals surface area (Å²) in [7, 11) is 0. The average molecular weight is 347 g/mol. The third kappa shape index (κ3) is 3.99. The highest BCUT2D eigenvalue weighted by Crippen LogP contribution is 2.21. The van der Waals surface area contributed by atoms with Gasteiger partial charge < -0.3 is 5.32 Å². The molecule has 1 aromatic carbocycles. The summed E-state index contributed by atoms with van der Waals surface area (Å²) in [6.45, 7) is 8.67. The molecule has 0 bridgehead atoms. The van der Waals surface area contributed by atoms with E-state index in [-0.39, 0.29) is 11.4 Å². The van der Waals surface area contributed by atoms with Gasteiger partial charge >= 0.3 is 0 Å². The Bertz CT molecular complexity index is 907. The lowest BCUT2D eigenvalue weighted by molar-refractivity contribution is 0.0950. The third-order valence-electron chi connectivity index (χ3n) is 4.25. The molecule has 1 N–H and O–H groups in total. The van der Waals surface area contributed by atoms with Crippen LogP contribution in [0.3, 0.4) is 0 Å². The Labute approximate surface area is 154 Å². The van der Waals surface area contributed by atoms with E-state index < -0.39 is 0 Å². The van der Waals surface area contributed by atoms with Crippen LogP contribution in [0.2, 0.25) is 0 Å². The summed E-state index contributed by atoms with van der Waals surface area (Å²) in [5.74, 6) is -0.119. The minimum atomic E-state index is -0.144. The number of hydrogen-bond donors (Lipinski definition) is 1. The summed E-state index contributed by atoms with van der Waals surface area (Å²) in [6, 6.07) is 11.2. The maximum absolute atomic E-state index is 12.4. The Kier molecular flexibility index (Phi) is 4.89. The van der Waals surface area contributed by atoms with E-state index in [9.17, 15) is 4.79 Å². The Morgan fingerprint density at radius 1 is 1.27 bits per heavy atom. The smallest absolute Gasteiger partial charge is 0.254 e. The van der Waals surface area contributed by atoms with Crippen molar-refractivity contribution < 1.29 is 4.79 Å². The maximum atomic E-state index is 12.4. The van der Waals surface area contributed by atoms with E-state index in [2.05, 4.69) is 27.5 Å². The highest BCUT2D eigenvalue weighted by molar-refractivity contribution is 5.93. The van der Waals surface area contributed by atoms with E-state index in [1.165, 1.54) is 0 Å². The topological polar surface area (TPSA) is 59.8 Å². The zero-order chi connectivity index (χ0) is 18.7. The van der Waals surface area contributed by atoms with Crippen molar-refractivity contribution in [3.8, 4) is 11.1 Å². The normalized spacial score (nSPS) is 11.4. The number of rotatable bonds is 4. The largest absolute Gasteiger partial charge is 0.348 e. The number of carbonyl (C=O) groups excluding carboxylic acids is 1. The molecule has 0 aliphatic rings. The van der Waals surface area contributed by atoms with Gasteiger partial charge in [-0.05, 0) is 56.0 Å². The summed E-state index contributed by atoms with van der Waals surface area (Å²) < 4.78 is 1.80. The molecule has 0 aliphatic carbocycles. The van der Waals surface area contributed by atoms with Crippen LogP contribution in [0.25, 0.3) is 11.1 Å². The molecule has 1 amide bonds. The lowest BCUT2D eigenvalue weighted by Gasteiger charge is -2.18. The monoisotopic (exact) mass is 347 g/mol. The Morgan fingerprint density at radius 3 is 2.69 bits per heavy atom. The van der Waals surface area contributed by atoms with Gasteiger partial charge in [-0.25, -0.2) is 0 Å². The van der Waals surface area contributed by atoms with Gasteiger partial charge in [-0.2, -0.15) is 5.10 Å². The number of aromatic nitrogens is 3. The van der Waals surface area contributed by atoms with E-state index in [0.717, 1.165) is 22.3 Å². The minimum Gasteiger partial charge on any atom is -0.348 e. The number of benzene rings is 1. The van der Waals surface area contributed by atoms with Crippen molar-refractivity contribution in [1.29, 1.82) is 0 Å². The second-order valence-corrected chi connectivity index (χ2v) is 7.32. The first-order valence-corrected chi connectivity index (χ1v) is 8.59. The first kappa shape index (κ1) is 17.9. The van der Waals surface area contributed by atoms with Crippen molar-refractivity contribution in [2.24, 2.45) is 0 Å². The molecule has 0 saturated heterocycles. The molecule has 1 radical (unpaired) electrons. The fourth-order valence-corrected chi connectivity index (χ4v) is 2.64. The van der Waals surface area contributed by atoms with Crippen LogP contribution >= 0.6 is 0 Å². The molecular formula is C21H23N4O. The fraction of sp³-hybridized carbons (Fsp3) is 0.286. The molecule has 2 heterocycles. The van der Waals surface area contributed by atoms with Crippen LogP contribution in [0.15, 0.2) is 49.1 Å². The first-order chi connectivity index (χ1) is 12.3. The molecule has 0 saturated carbocycles. The number of nitrogens with one attached hydrogen (secondary N) is 1. The van der Waals surface area contributed by atoms with Gasteiger partial charge in [-0.15, -0.1) is 0 Å². The van der Waals surface area contributed by atoms with Gasteiger partial charge in [0.2, 0.25) is 0 Å². The van der Waals surface area contributed by atoms with Crippen LogP contribution in [0, 0.1) is 13.0 Å². The maximum Gasteiger partial charge on any atom is 0.254 e. The van der Waals surface area contributed by atoms with Gasteiger partial charge in [0.1, 0.15) is 0 Å². The van der Waals surface area contributed by atoms with Gasteiger partial charge in [0, 0.05) is 31.2 Å². The van der Waals surface area contributed by atoms with Gasteiger partial charge in [0.15, 0.2) is 0 Å². The highest BCUT2D eigenvalue weighted by atomic mass is 16.1. The van der Waals surface area contributed by atoms with Crippen LogP contribution < -0.4 is 5.32 Å². The van der Waals surface area contributed by atoms with E-state index in [4.69, 9.17) is 0 Å². The van der Waals surface area contributed by atoms with Crippen LogP contribution in [-0.2, 0) is 12.1 Å². The second kappa shape index (κ2) is 7.12. The minimum absolute atomic E-state index is 0.119. The molecule has 0 atom stereocenters. The summed E-state index contributed by atoms with van der Waals surface area (Å²) >= 11 is 0. The van der Waals surface area contributed by atoms with E-state index in [1.54, 1.807) is 29.5 Å². The van der Waals surface area contributed by atoms with E-state index in [0.29, 0.717) is 12.1 Å². The van der Waals surface area contributed by atoms with Crippen molar-refractivity contribution in [2.75, 3.05) is 0 Å². The molecule has 26 heavy (non-hydrogen) atoms. The third-order valence-corrected chi connectivity index (χ3v) is 4.25. The van der Waals surface area contributed by atoms with Crippen LogP contribution in [0.1, 0.15) is 42.3 Å². The number of amides is 1. The summed E-state index contributed by atoms with van der Waals surface area (Å²) in [4.78, 5) is 16.4. The zero-order valence-corrected chi connectivity index (χ0v) is 15.6. The summed E-state index contributed by atoms with van der Waals surface area (Å²) in [6.07, 6.45) is 6.81.